The van der Waals surface area contributed by atoms with Gasteiger partial charge >= 0.3 is 0 Å². The van der Waals surface area contributed by atoms with Gasteiger partial charge in [-0.2, -0.15) is 11.8 Å². The predicted molar refractivity (Wildman–Crippen MR) is 78.1 cm³/mol. The molecule has 0 aromatic heterocycles. The Kier molecular flexibility index (Phi) is 4.76. The number of nitrogens with one attached hydrogen (secondary N) is 1. The molecule has 0 radical (unpaired) electrons. The van der Waals surface area contributed by atoms with Crippen molar-refractivity contribution < 1.29 is 9.59 Å². The van der Waals surface area contributed by atoms with Crippen LogP contribution in [-0.4, -0.2) is 46.8 Å². The molecule has 4 nitrogen and oxygen atoms in total. The third kappa shape index (κ3) is 2.76. The van der Waals surface area contributed by atoms with Crippen molar-refractivity contribution in [1.29, 1.82) is 0 Å². The SMILES string of the molecule is CCC1C(=O)NC2(CCCCC2)C(=O)N1CCSC. The second-order valence-electron chi connectivity index (χ2n) is 5.55. The Morgan fingerprint density at radius 1 is 1.32 bits per heavy atom. The predicted octanol–water partition coefficient (Wildman–Crippen LogP) is 1.79. The van der Waals surface area contributed by atoms with Gasteiger partial charge in [0.2, 0.25) is 11.8 Å². The van der Waals surface area contributed by atoms with Gasteiger partial charge in [-0.1, -0.05) is 26.2 Å². The Bertz CT molecular complexity index is 353. The molecule has 2 fully saturated rings. The maximum Gasteiger partial charge on any atom is 0.249 e. The van der Waals surface area contributed by atoms with E-state index in [-0.39, 0.29) is 17.9 Å². The number of piperazine rings is 1. The van der Waals surface area contributed by atoms with Crippen LogP contribution in [-0.2, 0) is 9.59 Å². The fraction of sp³-hybridized carbons (Fsp3) is 0.857. The van der Waals surface area contributed by atoms with Crippen molar-refractivity contribution >= 4 is 23.6 Å². The number of nitrogens with zero attached hydrogens (tertiary/aromatic N) is 1. The van der Waals surface area contributed by atoms with Crippen LogP contribution in [0, 0.1) is 0 Å². The molecule has 1 N–H and O–H groups in total. The van der Waals surface area contributed by atoms with Gasteiger partial charge in [0.05, 0.1) is 0 Å². The molecule has 0 bridgehead atoms. The van der Waals surface area contributed by atoms with E-state index >= 15 is 0 Å². The van der Waals surface area contributed by atoms with E-state index in [1.165, 1.54) is 6.42 Å². The molecule has 1 saturated heterocycles. The molecule has 2 aliphatic rings. The summed E-state index contributed by atoms with van der Waals surface area (Å²) in [6, 6.07) is -0.271. The first-order chi connectivity index (χ1) is 9.14. The highest BCUT2D eigenvalue weighted by molar-refractivity contribution is 7.98. The highest BCUT2D eigenvalue weighted by Gasteiger charge is 2.50. The molecule has 0 aromatic carbocycles. The lowest BCUT2D eigenvalue weighted by Crippen LogP contribution is -2.70. The summed E-state index contributed by atoms with van der Waals surface area (Å²) in [6.07, 6.45) is 7.60. The number of carbonyl (C=O) groups excluding carboxylic acids is 2. The van der Waals surface area contributed by atoms with Crippen molar-refractivity contribution in [3.8, 4) is 0 Å². The van der Waals surface area contributed by atoms with Crippen LogP contribution in [0.25, 0.3) is 0 Å². The monoisotopic (exact) mass is 284 g/mol. The average Bonchev–Trinajstić information content (AvgIpc) is 2.42. The number of amides is 2. The normalized spacial score (nSPS) is 26.6. The summed E-state index contributed by atoms with van der Waals surface area (Å²) in [6.45, 7) is 2.66. The Morgan fingerprint density at radius 2 is 2.00 bits per heavy atom. The fourth-order valence-corrected chi connectivity index (χ4v) is 3.66. The van der Waals surface area contributed by atoms with E-state index in [9.17, 15) is 9.59 Å². The van der Waals surface area contributed by atoms with E-state index in [1.54, 1.807) is 11.8 Å². The van der Waals surface area contributed by atoms with Crippen molar-refractivity contribution in [3.05, 3.63) is 0 Å². The van der Waals surface area contributed by atoms with Gasteiger partial charge in [0, 0.05) is 12.3 Å². The molecule has 1 heterocycles. The van der Waals surface area contributed by atoms with Crippen LogP contribution in [0.5, 0.6) is 0 Å². The number of hydrogen-bond donors (Lipinski definition) is 1. The number of carbonyl (C=O) groups is 2. The Balaban J connectivity index is 2.21. The van der Waals surface area contributed by atoms with E-state index in [4.69, 9.17) is 0 Å². The summed E-state index contributed by atoms with van der Waals surface area (Å²) >= 11 is 1.72. The molecular formula is C14H24N2O2S. The van der Waals surface area contributed by atoms with Crippen LogP contribution in [0.3, 0.4) is 0 Å². The summed E-state index contributed by atoms with van der Waals surface area (Å²) in [7, 11) is 0. The molecule has 2 rings (SSSR count). The van der Waals surface area contributed by atoms with Gasteiger partial charge in [0.1, 0.15) is 11.6 Å². The Morgan fingerprint density at radius 3 is 2.58 bits per heavy atom. The van der Waals surface area contributed by atoms with Gasteiger partial charge in [-0.15, -0.1) is 0 Å². The molecule has 5 heteroatoms. The lowest BCUT2D eigenvalue weighted by Gasteiger charge is -2.47. The van der Waals surface area contributed by atoms with Crippen LogP contribution >= 0.6 is 11.8 Å². The smallest absolute Gasteiger partial charge is 0.249 e. The number of thioether (sulfide) groups is 1. The molecule has 108 valence electrons. The molecule has 1 atom stereocenters. The van der Waals surface area contributed by atoms with E-state index in [1.807, 2.05) is 18.1 Å². The topological polar surface area (TPSA) is 49.4 Å². The first-order valence-electron chi connectivity index (χ1n) is 7.26. The molecular weight excluding hydrogens is 260 g/mol. The van der Waals surface area contributed by atoms with Crippen LogP contribution < -0.4 is 5.32 Å². The molecule has 2 amide bonds. The van der Waals surface area contributed by atoms with Crippen molar-refractivity contribution in [2.45, 2.75) is 57.0 Å². The van der Waals surface area contributed by atoms with E-state index in [0.717, 1.165) is 31.4 Å². The zero-order chi connectivity index (χ0) is 13.9. The average molecular weight is 284 g/mol. The second kappa shape index (κ2) is 6.16. The van der Waals surface area contributed by atoms with Gasteiger partial charge in [-0.25, -0.2) is 0 Å². The molecule has 0 aromatic rings. The summed E-state index contributed by atoms with van der Waals surface area (Å²) < 4.78 is 0. The van der Waals surface area contributed by atoms with Gasteiger partial charge < -0.3 is 10.2 Å². The lowest BCUT2D eigenvalue weighted by atomic mass is 9.78. The first-order valence-corrected chi connectivity index (χ1v) is 8.66. The third-order valence-corrected chi connectivity index (χ3v) is 4.93. The van der Waals surface area contributed by atoms with Gasteiger partial charge in [-0.3, -0.25) is 9.59 Å². The van der Waals surface area contributed by atoms with E-state index in [2.05, 4.69) is 5.32 Å². The summed E-state index contributed by atoms with van der Waals surface area (Å²) in [4.78, 5) is 27.0. The molecule has 1 aliphatic carbocycles. The zero-order valence-corrected chi connectivity index (χ0v) is 12.7. The maximum atomic E-state index is 12.8. The van der Waals surface area contributed by atoms with E-state index < -0.39 is 5.54 Å². The Labute approximate surface area is 119 Å². The molecule has 1 spiro atoms. The van der Waals surface area contributed by atoms with Crippen molar-refractivity contribution in [2.24, 2.45) is 0 Å². The van der Waals surface area contributed by atoms with Gasteiger partial charge in [-0.05, 0) is 25.5 Å². The van der Waals surface area contributed by atoms with Crippen LogP contribution in [0.2, 0.25) is 0 Å². The Hall–Kier alpha value is -0.710. The van der Waals surface area contributed by atoms with Crippen LogP contribution in [0.4, 0.5) is 0 Å². The molecule has 1 saturated carbocycles. The minimum atomic E-state index is -0.584. The summed E-state index contributed by atoms with van der Waals surface area (Å²) in [5.41, 5.74) is -0.584. The quantitative estimate of drug-likeness (QED) is 0.856. The molecule has 19 heavy (non-hydrogen) atoms. The van der Waals surface area contributed by atoms with Crippen LogP contribution in [0.15, 0.2) is 0 Å². The highest BCUT2D eigenvalue weighted by Crippen LogP contribution is 2.33. The third-order valence-electron chi connectivity index (χ3n) is 4.34. The summed E-state index contributed by atoms with van der Waals surface area (Å²) in [5, 5.41) is 3.05. The first kappa shape index (κ1) is 14.7. The van der Waals surface area contributed by atoms with Crippen molar-refractivity contribution in [1.82, 2.24) is 10.2 Å². The fourth-order valence-electron chi connectivity index (χ4n) is 3.28. The minimum Gasteiger partial charge on any atom is -0.340 e. The van der Waals surface area contributed by atoms with Gasteiger partial charge in [0.15, 0.2) is 0 Å². The molecule has 1 aliphatic heterocycles. The zero-order valence-electron chi connectivity index (χ0n) is 11.9. The van der Waals surface area contributed by atoms with Gasteiger partial charge in [0.25, 0.3) is 0 Å². The van der Waals surface area contributed by atoms with Crippen molar-refractivity contribution in [3.63, 3.8) is 0 Å². The van der Waals surface area contributed by atoms with E-state index in [0.29, 0.717) is 13.0 Å². The molecule has 1 unspecified atom stereocenters. The van der Waals surface area contributed by atoms with Crippen LogP contribution in [0.1, 0.15) is 45.4 Å². The lowest BCUT2D eigenvalue weighted by molar-refractivity contribution is -0.156. The minimum absolute atomic E-state index is 0.0464. The standard InChI is InChI=1S/C14H24N2O2S/c1-3-11-12(17)15-14(7-5-4-6-8-14)13(18)16(11)9-10-19-2/h11H,3-10H2,1-2H3,(H,15,17). The maximum absolute atomic E-state index is 12.8. The number of hydrogen-bond acceptors (Lipinski definition) is 3. The second-order valence-corrected chi connectivity index (χ2v) is 6.53. The summed E-state index contributed by atoms with van der Waals surface area (Å²) in [5.74, 6) is 1.10. The largest absolute Gasteiger partial charge is 0.340 e. The van der Waals surface area contributed by atoms with Crippen molar-refractivity contribution in [2.75, 3.05) is 18.6 Å². The highest BCUT2D eigenvalue weighted by atomic mass is 32.2. The number of rotatable bonds is 4.